The molecule has 0 fully saturated rings. The van der Waals surface area contributed by atoms with E-state index in [1.165, 1.54) is 36.1 Å². The predicted molar refractivity (Wildman–Crippen MR) is 108 cm³/mol. The molecule has 1 amide bonds. The number of hydrogen-bond acceptors (Lipinski definition) is 4. The van der Waals surface area contributed by atoms with E-state index < -0.39 is 17.5 Å². The number of aromatic nitrogens is 3. The van der Waals surface area contributed by atoms with Crippen LogP contribution < -0.4 is 10.1 Å². The molecule has 0 aliphatic carbocycles. The van der Waals surface area contributed by atoms with Crippen LogP contribution in [0.4, 0.5) is 14.5 Å². The molecule has 30 heavy (non-hydrogen) atoms. The van der Waals surface area contributed by atoms with Crippen LogP contribution in [-0.2, 0) is 0 Å². The fraction of sp³-hybridized carbons (Fsp3) is 0.0455. The van der Waals surface area contributed by atoms with E-state index >= 15 is 0 Å². The molecule has 3 aromatic carbocycles. The lowest BCUT2D eigenvalue weighted by molar-refractivity contribution is 0.102. The summed E-state index contributed by atoms with van der Waals surface area (Å²) in [4.78, 5) is 16.6. The molecular formula is C22H16F2N4O2. The molecule has 0 saturated carbocycles. The van der Waals surface area contributed by atoms with Gasteiger partial charge in [0.25, 0.3) is 5.91 Å². The van der Waals surface area contributed by atoms with Gasteiger partial charge in [0.15, 0.2) is 5.82 Å². The first kappa shape index (κ1) is 19.3. The number of carbonyl (C=O) groups excluding carboxylic acids is 1. The van der Waals surface area contributed by atoms with E-state index in [2.05, 4.69) is 15.4 Å². The van der Waals surface area contributed by atoms with Gasteiger partial charge in [-0.15, -0.1) is 5.10 Å². The highest BCUT2D eigenvalue weighted by molar-refractivity contribution is 6.04. The molecule has 8 heteroatoms. The number of rotatable bonds is 5. The van der Waals surface area contributed by atoms with E-state index in [1.807, 2.05) is 0 Å². The molecule has 0 spiro atoms. The van der Waals surface area contributed by atoms with Crippen molar-refractivity contribution in [1.82, 2.24) is 14.8 Å². The molecule has 0 bridgehead atoms. The third-order valence-electron chi connectivity index (χ3n) is 4.35. The SMILES string of the molecule is COc1nc(-c2ccccc2F)n(-c2cccc(NC(=O)c3ccccc3F)c2)n1. The molecule has 0 saturated heterocycles. The monoisotopic (exact) mass is 406 g/mol. The standard InChI is InChI=1S/C22H16F2N4O2/c1-30-22-26-20(16-9-2-4-11-18(16)23)28(27-22)15-8-6-7-14(13-15)25-21(29)17-10-3-5-12-19(17)24/h2-13H,1H3,(H,25,29). The Bertz CT molecular complexity index is 1220. The Morgan fingerprint density at radius 2 is 1.70 bits per heavy atom. The Balaban J connectivity index is 1.71. The summed E-state index contributed by atoms with van der Waals surface area (Å²) in [5.41, 5.74) is 1.09. The van der Waals surface area contributed by atoms with Crippen LogP contribution in [0, 0.1) is 11.6 Å². The molecule has 6 nitrogen and oxygen atoms in total. The smallest absolute Gasteiger partial charge is 0.336 e. The lowest BCUT2D eigenvalue weighted by atomic mass is 10.2. The Morgan fingerprint density at radius 3 is 2.43 bits per heavy atom. The third-order valence-corrected chi connectivity index (χ3v) is 4.35. The first-order chi connectivity index (χ1) is 14.6. The Kier molecular flexibility index (Phi) is 5.21. The van der Waals surface area contributed by atoms with Gasteiger partial charge in [-0.05, 0) is 42.5 Å². The Morgan fingerprint density at radius 1 is 0.967 bits per heavy atom. The van der Waals surface area contributed by atoms with Gasteiger partial charge >= 0.3 is 6.01 Å². The number of methoxy groups -OCH3 is 1. The first-order valence-corrected chi connectivity index (χ1v) is 8.99. The van der Waals surface area contributed by atoms with Crippen molar-refractivity contribution in [2.24, 2.45) is 0 Å². The van der Waals surface area contributed by atoms with E-state index in [-0.39, 0.29) is 23.0 Å². The zero-order valence-corrected chi connectivity index (χ0v) is 15.8. The van der Waals surface area contributed by atoms with Crippen molar-refractivity contribution in [3.8, 4) is 23.1 Å². The molecule has 150 valence electrons. The number of nitrogens with zero attached hydrogens (tertiary/aromatic N) is 3. The molecule has 0 atom stereocenters. The number of nitrogens with one attached hydrogen (secondary N) is 1. The fourth-order valence-corrected chi connectivity index (χ4v) is 2.94. The summed E-state index contributed by atoms with van der Waals surface area (Å²) in [5, 5.41) is 6.91. The zero-order valence-electron chi connectivity index (χ0n) is 15.8. The van der Waals surface area contributed by atoms with E-state index in [4.69, 9.17) is 4.74 Å². The van der Waals surface area contributed by atoms with Gasteiger partial charge in [0.05, 0.1) is 23.9 Å². The summed E-state index contributed by atoms with van der Waals surface area (Å²) in [5.74, 6) is -1.43. The zero-order chi connectivity index (χ0) is 21.1. The second kappa shape index (κ2) is 8.12. The maximum absolute atomic E-state index is 14.3. The van der Waals surface area contributed by atoms with Crippen LogP contribution in [0.2, 0.25) is 0 Å². The van der Waals surface area contributed by atoms with Crippen LogP contribution in [0.1, 0.15) is 10.4 Å². The summed E-state index contributed by atoms with van der Waals surface area (Å²) in [6.07, 6.45) is 0. The molecule has 0 aliphatic rings. The topological polar surface area (TPSA) is 69.0 Å². The second-order valence-corrected chi connectivity index (χ2v) is 6.30. The molecule has 1 aromatic heterocycles. The number of amides is 1. The number of carbonyl (C=O) groups is 1. The fourth-order valence-electron chi connectivity index (χ4n) is 2.94. The summed E-state index contributed by atoms with van der Waals surface area (Å²) < 4.78 is 34.7. The second-order valence-electron chi connectivity index (χ2n) is 6.30. The molecule has 1 N–H and O–H groups in total. The highest BCUT2D eigenvalue weighted by atomic mass is 19.1. The van der Waals surface area contributed by atoms with Crippen LogP contribution in [-0.4, -0.2) is 27.8 Å². The van der Waals surface area contributed by atoms with Gasteiger partial charge in [-0.2, -0.15) is 4.98 Å². The lowest BCUT2D eigenvalue weighted by Gasteiger charge is -2.10. The van der Waals surface area contributed by atoms with Gasteiger partial charge in [-0.1, -0.05) is 30.3 Å². The van der Waals surface area contributed by atoms with Gasteiger partial charge in [-0.25, -0.2) is 13.5 Å². The number of benzene rings is 3. The summed E-state index contributed by atoms with van der Waals surface area (Å²) in [6, 6.07) is 18.6. The molecule has 4 rings (SSSR count). The van der Waals surface area contributed by atoms with Gasteiger partial charge < -0.3 is 10.1 Å². The van der Waals surface area contributed by atoms with E-state index in [0.717, 1.165) is 0 Å². The summed E-state index contributed by atoms with van der Waals surface area (Å²) >= 11 is 0. The normalized spacial score (nSPS) is 10.6. The highest BCUT2D eigenvalue weighted by Crippen LogP contribution is 2.27. The number of ether oxygens (including phenoxy) is 1. The first-order valence-electron chi connectivity index (χ1n) is 8.99. The molecular weight excluding hydrogens is 390 g/mol. The molecule has 0 unspecified atom stereocenters. The minimum atomic E-state index is -0.617. The summed E-state index contributed by atoms with van der Waals surface area (Å²) in [6.45, 7) is 0. The average Bonchev–Trinajstić information content (AvgIpc) is 3.19. The van der Waals surface area contributed by atoms with Crippen LogP contribution in [0.25, 0.3) is 17.1 Å². The molecule has 0 radical (unpaired) electrons. The number of hydrogen-bond donors (Lipinski definition) is 1. The van der Waals surface area contributed by atoms with Crippen molar-refractivity contribution in [1.29, 1.82) is 0 Å². The largest absolute Gasteiger partial charge is 0.466 e. The molecule has 4 aromatic rings. The average molecular weight is 406 g/mol. The Hall–Kier alpha value is -4.07. The lowest BCUT2D eigenvalue weighted by Crippen LogP contribution is -2.14. The van der Waals surface area contributed by atoms with Crippen LogP contribution in [0.5, 0.6) is 6.01 Å². The number of anilines is 1. The maximum Gasteiger partial charge on any atom is 0.336 e. The van der Waals surface area contributed by atoms with Crippen molar-refractivity contribution in [2.75, 3.05) is 12.4 Å². The molecule has 0 aliphatic heterocycles. The third kappa shape index (κ3) is 3.75. The van der Waals surface area contributed by atoms with Crippen molar-refractivity contribution >= 4 is 11.6 Å². The van der Waals surface area contributed by atoms with E-state index in [9.17, 15) is 13.6 Å². The maximum atomic E-state index is 14.3. The Labute approximate surface area is 170 Å². The van der Waals surface area contributed by atoms with Crippen molar-refractivity contribution in [3.05, 3.63) is 90.0 Å². The van der Waals surface area contributed by atoms with E-state index in [0.29, 0.717) is 11.4 Å². The minimum absolute atomic E-state index is 0.0639. The van der Waals surface area contributed by atoms with Gasteiger partial charge in [-0.3, -0.25) is 4.79 Å². The minimum Gasteiger partial charge on any atom is -0.466 e. The van der Waals surface area contributed by atoms with Gasteiger partial charge in [0, 0.05) is 5.69 Å². The van der Waals surface area contributed by atoms with Gasteiger partial charge in [0.1, 0.15) is 11.6 Å². The van der Waals surface area contributed by atoms with Gasteiger partial charge in [0.2, 0.25) is 0 Å². The highest BCUT2D eigenvalue weighted by Gasteiger charge is 2.18. The van der Waals surface area contributed by atoms with Crippen LogP contribution >= 0.6 is 0 Å². The van der Waals surface area contributed by atoms with Crippen molar-refractivity contribution in [3.63, 3.8) is 0 Å². The van der Waals surface area contributed by atoms with Crippen LogP contribution in [0.15, 0.2) is 72.8 Å². The molecule has 1 heterocycles. The van der Waals surface area contributed by atoms with E-state index in [1.54, 1.807) is 48.5 Å². The number of halogens is 2. The van der Waals surface area contributed by atoms with Crippen molar-refractivity contribution in [2.45, 2.75) is 0 Å². The quantitative estimate of drug-likeness (QED) is 0.531. The summed E-state index contributed by atoms with van der Waals surface area (Å²) in [7, 11) is 1.41. The van der Waals surface area contributed by atoms with Crippen molar-refractivity contribution < 1.29 is 18.3 Å². The predicted octanol–water partition coefficient (Wildman–Crippen LogP) is 4.47. The van der Waals surface area contributed by atoms with Crippen LogP contribution in [0.3, 0.4) is 0 Å².